The van der Waals surface area contributed by atoms with Crippen LogP contribution in [0, 0.1) is 6.92 Å². The molecule has 0 aliphatic rings. The van der Waals surface area contributed by atoms with E-state index < -0.39 is 0 Å². The molecular formula is C23H16BrClN2O2. The Hall–Kier alpha value is -2.89. The van der Waals surface area contributed by atoms with Gasteiger partial charge in [-0.3, -0.25) is 14.2 Å². The van der Waals surface area contributed by atoms with Gasteiger partial charge in [-0.1, -0.05) is 45.7 Å². The number of rotatable bonds is 3. The van der Waals surface area contributed by atoms with E-state index in [1.807, 2.05) is 31.2 Å². The highest BCUT2D eigenvalue weighted by atomic mass is 79.9. The molecule has 0 bridgehead atoms. The van der Waals surface area contributed by atoms with Crippen LogP contribution in [0.4, 0.5) is 5.69 Å². The van der Waals surface area contributed by atoms with Crippen molar-refractivity contribution < 1.29 is 4.79 Å². The lowest BCUT2D eigenvalue weighted by Crippen LogP contribution is -2.22. The summed E-state index contributed by atoms with van der Waals surface area (Å²) < 4.78 is 2.41. The molecule has 0 unspecified atom stereocenters. The van der Waals surface area contributed by atoms with Crippen LogP contribution < -0.4 is 10.9 Å². The van der Waals surface area contributed by atoms with Gasteiger partial charge in [0.1, 0.15) is 0 Å². The first kappa shape index (κ1) is 19.4. The molecule has 1 aromatic heterocycles. The average molecular weight is 468 g/mol. The lowest BCUT2D eigenvalue weighted by molar-refractivity contribution is 0.102. The molecule has 0 atom stereocenters. The second kappa shape index (κ2) is 7.85. The number of nitrogens with zero attached hydrogens (tertiary/aromatic N) is 1. The average Bonchev–Trinajstić information content (AvgIpc) is 2.71. The lowest BCUT2D eigenvalue weighted by atomic mass is 10.1. The van der Waals surface area contributed by atoms with Gasteiger partial charge in [-0.05, 0) is 61.0 Å². The molecule has 1 heterocycles. The van der Waals surface area contributed by atoms with E-state index in [9.17, 15) is 9.59 Å². The topological polar surface area (TPSA) is 51.1 Å². The van der Waals surface area contributed by atoms with Crippen molar-refractivity contribution in [3.8, 4) is 5.69 Å². The lowest BCUT2D eigenvalue weighted by Gasteiger charge is -2.14. The van der Waals surface area contributed by atoms with Gasteiger partial charge in [-0.25, -0.2) is 0 Å². The van der Waals surface area contributed by atoms with E-state index in [1.165, 1.54) is 4.57 Å². The number of amides is 1. The Balaban J connectivity index is 1.87. The molecule has 0 aliphatic carbocycles. The Labute approximate surface area is 180 Å². The van der Waals surface area contributed by atoms with E-state index in [1.54, 1.807) is 48.7 Å². The van der Waals surface area contributed by atoms with E-state index in [2.05, 4.69) is 21.2 Å². The van der Waals surface area contributed by atoms with E-state index in [0.717, 1.165) is 10.0 Å². The Morgan fingerprint density at radius 3 is 2.38 bits per heavy atom. The van der Waals surface area contributed by atoms with Crippen molar-refractivity contribution in [3.05, 3.63) is 104 Å². The molecule has 0 fully saturated rings. The normalized spacial score (nSPS) is 10.9. The zero-order valence-corrected chi connectivity index (χ0v) is 17.8. The molecule has 144 valence electrons. The van der Waals surface area contributed by atoms with Crippen LogP contribution in [0.15, 0.2) is 82.2 Å². The molecule has 4 aromatic rings. The summed E-state index contributed by atoms with van der Waals surface area (Å²) in [5, 5.41) is 4.61. The van der Waals surface area contributed by atoms with E-state index in [0.29, 0.717) is 32.7 Å². The van der Waals surface area contributed by atoms with Crippen molar-refractivity contribution in [3.63, 3.8) is 0 Å². The predicted molar refractivity (Wildman–Crippen MR) is 121 cm³/mol. The van der Waals surface area contributed by atoms with Crippen LogP contribution in [0.5, 0.6) is 0 Å². The fourth-order valence-electron chi connectivity index (χ4n) is 3.22. The maximum Gasteiger partial charge on any atom is 0.262 e. The molecule has 1 N–H and O–H groups in total. The summed E-state index contributed by atoms with van der Waals surface area (Å²) in [5.74, 6) is -0.283. The van der Waals surface area contributed by atoms with Gasteiger partial charge in [0.05, 0.1) is 5.56 Å². The van der Waals surface area contributed by atoms with Crippen molar-refractivity contribution in [2.75, 3.05) is 5.32 Å². The standard InChI is InChI=1S/C23H16BrClN2O2/c1-14-12-15(24)6-11-21(14)26-22(28)20-13-27(17-9-7-16(25)8-10-17)23(29)19-5-3-2-4-18(19)20/h2-13H,1H3,(H,26,28). The second-order valence-electron chi connectivity index (χ2n) is 6.65. The molecule has 0 saturated carbocycles. The molecule has 6 heteroatoms. The molecule has 3 aromatic carbocycles. The molecule has 0 spiro atoms. The Morgan fingerprint density at radius 2 is 1.69 bits per heavy atom. The molecular weight excluding hydrogens is 452 g/mol. The monoisotopic (exact) mass is 466 g/mol. The zero-order valence-electron chi connectivity index (χ0n) is 15.4. The summed E-state index contributed by atoms with van der Waals surface area (Å²) in [6, 6.07) is 19.7. The molecule has 0 saturated heterocycles. The number of halogens is 2. The molecule has 0 aliphatic heterocycles. The molecule has 4 nitrogen and oxygen atoms in total. The minimum atomic E-state index is -0.283. The van der Waals surface area contributed by atoms with E-state index in [4.69, 9.17) is 11.6 Å². The zero-order chi connectivity index (χ0) is 20.5. The first-order valence-corrected chi connectivity index (χ1v) is 10.1. The van der Waals surface area contributed by atoms with Gasteiger partial charge >= 0.3 is 0 Å². The molecule has 1 amide bonds. The van der Waals surface area contributed by atoms with Crippen LogP contribution in [0.25, 0.3) is 16.5 Å². The smallest absolute Gasteiger partial charge is 0.262 e. The predicted octanol–water partition coefficient (Wildman–Crippen LogP) is 5.97. The van der Waals surface area contributed by atoms with Crippen molar-refractivity contribution in [2.45, 2.75) is 6.92 Å². The summed E-state index contributed by atoms with van der Waals surface area (Å²) >= 11 is 9.41. The summed E-state index contributed by atoms with van der Waals surface area (Å²) in [6.45, 7) is 1.92. The Bertz CT molecular complexity index is 1300. The van der Waals surface area contributed by atoms with Gasteiger partial charge in [0, 0.05) is 37.8 Å². The third-order valence-corrected chi connectivity index (χ3v) is 5.46. The maximum atomic E-state index is 13.2. The summed E-state index contributed by atoms with van der Waals surface area (Å²) in [7, 11) is 0. The van der Waals surface area contributed by atoms with Crippen LogP contribution in [-0.4, -0.2) is 10.5 Å². The van der Waals surface area contributed by atoms with Crippen LogP contribution in [0.3, 0.4) is 0 Å². The third-order valence-electron chi connectivity index (χ3n) is 4.71. The number of benzene rings is 3. The Kier molecular flexibility index (Phi) is 5.26. The quantitative estimate of drug-likeness (QED) is 0.404. The van der Waals surface area contributed by atoms with Crippen LogP contribution in [0.2, 0.25) is 5.02 Å². The van der Waals surface area contributed by atoms with Crippen molar-refractivity contribution >= 4 is 49.9 Å². The first-order valence-electron chi connectivity index (χ1n) is 8.92. The number of hydrogen-bond acceptors (Lipinski definition) is 2. The molecule has 0 radical (unpaired) electrons. The summed E-state index contributed by atoms with van der Waals surface area (Å²) in [4.78, 5) is 26.2. The van der Waals surface area contributed by atoms with Gasteiger partial charge < -0.3 is 5.32 Å². The second-order valence-corrected chi connectivity index (χ2v) is 8.01. The van der Waals surface area contributed by atoms with Gasteiger partial charge in [0.15, 0.2) is 0 Å². The number of nitrogens with one attached hydrogen (secondary N) is 1. The van der Waals surface area contributed by atoms with Gasteiger partial charge in [-0.2, -0.15) is 0 Å². The van der Waals surface area contributed by atoms with Crippen LogP contribution >= 0.6 is 27.5 Å². The number of hydrogen-bond donors (Lipinski definition) is 1. The summed E-state index contributed by atoms with van der Waals surface area (Å²) in [6.07, 6.45) is 1.58. The largest absolute Gasteiger partial charge is 0.322 e. The number of anilines is 1. The number of carbonyl (C=O) groups is 1. The highest BCUT2D eigenvalue weighted by molar-refractivity contribution is 9.10. The van der Waals surface area contributed by atoms with Crippen LogP contribution in [-0.2, 0) is 0 Å². The van der Waals surface area contributed by atoms with E-state index in [-0.39, 0.29) is 11.5 Å². The molecule has 29 heavy (non-hydrogen) atoms. The fourth-order valence-corrected chi connectivity index (χ4v) is 3.82. The van der Waals surface area contributed by atoms with Gasteiger partial charge in [-0.15, -0.1) is 0 Å². The summed E-state index contributed by atoms with van der Waals surface area (Å²) in [5.41, 5.74) is 2.50. The maximum absolute atomic E-state index is 13.2. The van der Waals surface area contributed by atoms with Crippen molar-refractivity contribution in [1.29, 1.82) is 0 Å². The number of carbonyl (C=O) groups excluding carboxylic acids is 1. The Morgan fingerprint density at radius 1 is 1.00 bits per heavy atom. The third kappa shape index (κ3) is 3.84. The number of aryl methyl sites for hydroxylation is 1. The van der Waals surface area contributed by atoms with Gasteiger partial charge in [0.25, 0.3) is 11.5 Å². The first-order chi connectivity index (χ1) is 13.9. The SMILES string of the molecule is Cc1cc(Br)ccc1NC(=O)c1cn(-c2ccc(Cl)cc2)c(=O)c2ccccc12. The van der Waals surface area contributed by atoms with Crippen molar-refractivity contribution in [2.24, 2.45) is 0 Å². The number of pyridine rings is 1. The molecule has 4 rings (SSSR count). The highest BCUT2D eigenvalue weighted by Crippen LogP contribution is 2.23. The highest BCUT2D eigenvalue weighted by Gasteiger charge is 2.16. The van der Waals surface area contributed by atoms with Crippen molar-refractivity contribution in [1.82, 2.24) is 4.57 Å². The van der Waals surface area contributed by atoms with Gasteiger partial charge in [0.2, 0.25) is 0 Å². The minimum absolute atomic E-state index is 0.195. The minimum Gasteiger partial charge on any atom is -0.322 e. The van der Waals surface area contributed by atoms with E-state index >= 15 is 0 Å². The van der Waals surface area contributed by atoms with Crippen LogP contribution in [0.1, 0.15) is 15.9 Å². The number of aromatic nitrogens is 1. The fraction of sp³-hybridized carbons (Fsp3) is 0.0435. The number of fused-ring (bicyclic) bond motifs is 1.